The van der Waals surface area contributed by atoms with Crippen molar-refractivity contribution >= 4 is 24.0 Å². The van der Waals surface area contributed by atoms with Crippen molar-refractivity contribution in [2.75, 3.05) is 5.32 Å². The molecule has 35 heavy (non-hydrogen) atoms. The molecule has 2 aromatic rings. The number of halogens is 6. The van der Waals surface area contributed by atoms with Crippen LogP contribution in [0.5, 0.6) is 0 Å². The van der Waals surface area contributed by atoms with Crippen LogP contribution in [0.3, 0.4) is 0 Å². The maximum atomic E-state index is 13.0. The standard InChI is InChI=1S/C23H21F6N4OS/c1-13(12-30)14-3-2-4-15(9-14)21(34)33(35)18-7-5-16(6-8-18)31-17-10-19(22(24,25)26)32-20(11-17)23(27,28)29/h2-4,9-11,13,16,18H,5-8H2,1H3,(H,31,32)/q+1. The molecule has 1 aromatic heterocycles. The Morgan fingerprint density at radius 3 is 2.17 bits per heavy atom. The molecule has 1 aliphatic rings. The summed E-state index contributed by atoms with van der Waals surface area (Å²) in [7, 11) is 0. The first-order chi connectivity index (χ1) is 16.3. The van der Waals surface area contributed by atoms with Crippen LogP contribution in [0, 0.1) is 11.3 Å². The van der Waals surface area contributed by atoms with Crippen molar-refractivity contribution in [1.82, 2.24) is 4.98 Å². The van der Waals surface area contributed by atoms with E-state index >= 15 is 0 Å². The molecule has 0 spiro atoms. The lowest BCUT2D eigenvalue weighted by atomic mass is 9.90. The molecule has 1 saturated carbocycles. The molecule has 0 saturated heterocycles. The van der Waals surface area contributed by atoms with Crippen molar-refractivity contribution in [1.29, 1.82) is 5.26 Å². The molecule has 1 aromatic carbocycles. The Balaban J connectivity index is 1.67. The van der Waals surface area contributed by atoms with Gasteiger partial charge in [0.2, 0.25) is 0 Å². The SMILES string of the molecule is CC(C#N)c1cccc(C(=O)[N+](=S)C2CCC(Nc3cc(C(F)(F)F)nc(C(F)(F)F)c3)CC2)c1. The van der Waals surface area contributed by atoms with E-state index in [0.717, 1.165) is 0 Å². The highest BCUT2D eigenvalue weighted by atomic mass is 32.1. The lowest BCUT2D eigenvalue weighted by molar-refractivity contribution is -0.448. The Morgan fingerprint density at radius 2 is 1.66 bits per heavy atom. The van der Waals surface area contributed by atoms with Crippen LogP contribution in [0.25, 0.3) is 0 Å². The van der Waals surface area contributed by atoms with Gasteiger partial charge in [0.15, 0.2) is 6.04 Å². The van der Waals surface area contributed by atoms with E-state index in [-0.39, 0.29) is 11.7 Å². The summed E-state index contributed by atoms with van der Waals surface area (Å²) in [5.41, 5.74) is -2.55. The zero-order valence-corrected chi connectivity index (χ0v) is 19.3. The number of hydrogen-bond acceptors (Lipinski definition) is 5. The molecule has 1 aliphatic carbocycles. The van der Waals surface area contributed by atoms with Gasteiger partial charge in [-0.25, -0.2) is 9.78 Å². The van der Waals surface area contributed by atoms with E-state index in [0.29, 0.717) is 48.9 Å². The number of alkyl halides is 6. The van der Waals surface area contributed by atoms with Crippen molar-refractivity contribution in [2.45, 2.75) is 63.0 Å². The fraction of sp³-hybridized carbons (Fsp3) is 0.435. The van der Waals surface area contributed by atoms with Crippen molar-refractivity contribution in [3.05, 3.63) is 58.9 Å². The van der Waals surface area contributed by atoms with Crippen LogP contribution in [0.1, 0.15) is 65.8 Å². The normalized spacial score (nSPS) is 19.5. The zero-order valence-electron chi connectivity index (χ0n) is 18.5. The average molecular weight is 516 g/mol. The van der Waals surface area contributed by atoms with Crippen LogP contribution in [-0.2, 0) is 24.8 Å². The van der Waals surface area contributed by atoms with Crippen molar-refractivity contribution in [3.8, 4) is 6.07 Å². The van der Waals surface area contributed by atoms with Gasteiger partial charge in [0, 0.05) is 24.6 Å². The highest BCUT2D eigenvalue weighted by Crippen LogP contribution is 2.36. The number of pyridine rings is 1. The highest BCUT2D eigenvalue weighted by molar-refractivity contribution is 7.44. The molecule has 1 atom stereocenters. The number of benzene rings is 1. The third kappa shape index (κ3) is 6.54. The molecule has 0 bridgehead atoms. The Bertz CT molecular complexity index is 1120. The number of carbonyl (C=O) groups excluding carboxylic acids is 1. The lowest BCUT2D eigenvalue weighted by Gasteiger charge is -2.27. The van der Waals surface area contributed by atoms with Crippen LogP contribution >= 0.6 is 0 Å². The molecule has 0 aliphatic heterocycles. The maximum absolute atomic E-state index is 13.0. The Kier molecular flexibility index (Phi) is 7.79. The second-order valence-electron chi connectivity index (χ2n) is 8.38. The number of rotatable bonds is 5. The summed E-state index contributed by atoms with van der Waals surface area (Å²) < 4.78 is 79.4. The third-order valence-electron chi connectivity index (χ3n) is 5.83. The van der Waals surface area contributed by atoms with Crippen molar-refractivity contribution in [3.63, 3.8) is 0 Å². The summed E-state index contributed by atoms with van der Waals surface area (Å²) in [6.07, 6.45) is -8.43. The van der Waals surface area contributed by atoms with Gasteiger partial charge in [-0.3, -0.25) is 0 Å². The topological polar surface area (TPSA) is 68.8 Å². The van der Waals surface area contributed by atoms with Crippen LogP contribution in [0.2, 0.25) is 0 Å². The number of nitriles is 1. The first kappa shape index (κ1) is 26.5. The minimum atomic E-state index is -5.03. The van der Waals surface area contributed by atoms with Crippen LogP contribution in [0.4, 0.5) is 32.0 Å². The summed E-state index contributed by atoms with van der Waals surface area (Å²) >= 11 is 5.32. The molecule has 12 heteroatoms. The minimum absolute atomic E-state index is 0.318. The Labute approximate surface area is 202 Å². The van der Waals surface area contributed by atoms with Crippen LogP contribution < -0.4 is 5.32 Å². The van der Waals surface area contributed by atoms with E-state index in [1.807, 2.05) is 0 Å². The van der Waals surface area contributed by atoms with E-state index in [1.165, 1.54) is 3.95 Å². The smallest absolute Gasteiger partial charge is 0.382 e. The molecule has 1 unspecified atom stereocenters. The molecule has 3 rings (SSSR count). The van der Waals surface area contributed by atoms with Gasteiger partial charge in [-0.15, -0.1) is 0 Å². The number of nitrogens with one attached hydrogen (secondary N) is 1. The van der Waals surface area contributed by atoms with E-state index in [4.69, 9.17) is 17.7 Å². The average Bonchev–Trinajstić information content (AvgIpc) is 2.82. The second-order valence-corrected chi connectivity index (χ2v) is 8.77. The molecule has 1 N–H and O–H groups in total. The molecular weight excluding hydrogens is 494 g/mol. The van der Waals surface area contributed by atoms with E-state index in [1.54, 1.807) is 31.2 Å². The molecule has 1 heterocycles. The fourth-order valence-corrected chi connectivity index (χ4v) is 4.22. The van der Waals surface area contributed by atoms with Gasteiger partial charge < -0.3 is 5.32 Å². The number of hydrogen-bond donors (Lipinski definition) is 1. The summed E-state index contributed by atoms with van der Waals surface area (Å²) in [6, 6.07) is 9.12. The molecule has 0 radical (unpaired) electrons. The molecular formula is C23H21F6N4OS+. The van der Waals surface area contributed by atoms with Gasteiger partial charge in [-0.2, -0.15) is 31.6 Å². The quantitative estimate of drug-likeness (QED) is 0.388. The number of carbonyl (C=O) groups is 1. The third-order valence-corrected chi connectivity index (χ3v) is 6.30. The maximum Gasteiger partial charge on any atom is 0.433 e. The largest absolute Gasteiger partial charge is 0.433 e. The second kappa shape index (κ2) is 10.3. The van der Waals surface area contributed by atoms with E-state index in [2.05, 4.69) is 16.4 Å². The predicted molar refractivity (Wildman–Crippen MR) is 116 cm³/mol. The van der Waals surface area contributed by atoms with E-state index < -0.39 is 41.6 Å². The van der Waals surface area contributed by atoms with Gasteiger partial charge in [0.25, 0.3) is 12.4 Å². The summed E-state index contributed by atoms with van der Waals surface area (Å²) in [4.78, 5) is 15.6. The van der Waals surface area contributed by atoms with Gasteiger partial charge in [0.1, 0.15) is 11.4 Å². The Morgan fingerprint density at radius 1 is 1.09 bits per heavy atom. The van der Waals surface area contributed by atoms with Gasteiger partial charge >= 0.3 is 18.3 Å². The van der Waals surface area contributed by atoms with Crippen LogP contribution in [0.15, 0.2) is 36.4 Å². The molecule has 5 nitrogen and oxygen atoms in total. The zero-order chi connectivity index (χ0) is 26.0. The van der Waals surface area contributed by atoms with Crippen molar-refractivity contribution < 1.29 is 35.1 Å². The number of nitrogens with zero attached hydrogens (tertiary/aromatic N) is 3. The first-order valence-electron chi connectivity index (χ1n) is 10.7. The molecule has 1 fully saturated rings. The van der Waals surface area contributed by atoms with Gasteiger partial charge in [-0.1, -0.05) is 16.1 Å². The predicted octanol–water partition coefficient (Wildman–Crippen LogP) is 6.05. The van der Waals surface area contributed by atoms with E-state index in [9.17, 15) is 31.1 Å². The number of anilines is 1. The van der Waals surface area contributed by atoms with Gasteiger partial charge in [0.05, 0.1) is 17.6 Å². The molecule has 1 amide bonds. The first-order valence-corrected chi connectivity index (χ1v) is 11.1. The van der Waals surface area contributed by atoms with Gasteiger partial charge in [-0.05, 0) is 49.6 Å². The highest BCUT2D eigenvalue weighted by Gasteiger charge is 2.39. The number of aromatic nitrogens is 1. The van der Waals surface area contributed by atoms with Crippen LogP contribution in [-0.4, -0.2) is 26.9 Å². The lowest BCUT2D eigenvalue weighted by Crippen LogP contribution is -2.37. The molecule has 186 valence electrons. The number of amides is 1. The summed E-state index contributed by atoms with van der Waals surface area (Å²) in [6.45, 7) is 1.71. The fourth-order valence-electron chi connectivity index (χ4n) is 3.90. The monoisotopic (exact) mass is 515 g/mol. The summed E-state index contributed by atoms with van der Waals surface area (Å²) in [5, 5.41) is 11.8. The summed E-state index contributed by atoms with van der Waals surface area (Å²) in [5.74, 6) is -0.797. The van der Waals surface area contributed by atoms with Crippen molar-refractivity contribution in [2.24, 2.45) is 0 Å². The Hall–Kier alpha value is -3.07. The minimum Gasteiger partial charge on any atom is -0.382 e.